The van der Waals surface area contributed by atoms with E-state index < -0.39 is 32.5 Å². The van der Waals surface area contributed by atoms with E-state index in [-0.39, 0.29) is 32.6 Å². The van der Waals surface area contributed by atoms with Gasteiger partial charge in [-0.15, -0.1) is 0 Å². The van der Waals surface area contributed by atoms with Gasteiger partial charge in [0.1, 0.15) is 6.61 Å². The number of phosphoric acid groups is 1. The number of esters is 2. The van der Waals surface area contributed by atoms with E-state index in [4.69, 9.17) is 24.3 Å². The lowest BCUT2D eigenvalue weighted by atomic mass is 10.0. The van der Waals surface area contributed by atoms with Crippen LogP contribution in [0.2, 0.25) is 0 Å². The van der Waals surface area contributed by atoms with E-state index in [0.29, 0.717) is 6.42 Å². The molecule has 0 radical (unpaired) electrons. The molecule has 0 bridgehead atoms. The van der Waals surface area contributed by atoms with Crippen molar-refractivity contribution >= 4 is 19.8 Å². The van der Waals surface area contributed by atoms with Gasteiger partial charge in [-0.3, -0.25) is 18.6 Å². The van der Waals surface area contributed by atoms with Crippen molar-refractivity contribution in [1.29, 1.82) is 0 Å². The Hall–Kier alpha value is -5.67. The first-order valence-electron chi connectivity index (χ1n) is 37.2. The van der Waals surface area contributed by atoms with Crippen LogP contribution in [0.25, 0.3) is 0 Å². The lowest BCUT2D eigenvalue weighted by Gasteiger charge is -2.19. The molecule has 10 heteroatoms. The quantitative estimate of drug-likeness (QED) is 0.0264. The molecule has 0 saturated carbocycles. The van der Waals surface area contributed by atoms with Crippen LogP contribution in [0.4, 0.5) is 0 Å². The fraction of sp³-hybridized carbons (Fsp3) is 0.553. The summed E-state index contributed by atoms with van der Waals surface area (Å²) in [5.41, 5.74) is 5.40. The molecule has 0 fully saturated rings. The summed E-state index contributed by atoms with van der Waals surface area (Å²) in [5, 5.41) is 0. The van der Waals surface area contributed by atoms with Gasteiger partial charge in [0, 0.05) is 19.4 Å². The maximum Gasteiger partial charge on any atom is 0.472 e. The van der Waals surface area contributed by atoms with E-state index in [1.54, 1.807) is 0 Å². The zero-order chi connectivity index (χ0) is 68.6. The van der Waals surface area contributed by atoms with Gasteiger partial charge in [0.2, 0.25) is 0 Å². The SMILES string of the molecule is CC/C=C\C/C=C\C/C=C\C/C=C\C/C=C\C/C=C\C/C=C\C/C=C\C/C=C\C/C=C\C/C=C\CCCCCC(=O)OC(COC(=O)CCCCCCCCCCCCCCCCC/C=C\C/C=C\C/C=C\C/C=C\C/C=C\C/C=C\C/C=C\CC)COP(=O)(O)OCCN. The van der Waals surface area contributed by atoms with Gasteiger partial charge in [0.05, 0.1) is 13.2 Å². The molecule has 0 amide bonds. The Labute approximate surface area is 581 Å². The first kappa shape index (κ1) is 89.3. The molecule has 0 heterocycles. The smallest absolute Gasteiger partial charge is 0.462 e. The number of allylic oxidation sites excluding steroid dienone is 36. The molecule has 0 saturated heterocycles. The highest BCUT2D eigenvalue weighted by molar-refractivity contribution is 7.47. The highest BCUT2D eigenvalue weighted by Gasteiger charge is 2.26. The van der Waals surface area contributed by atoms with E-state index in [9.17, 15) is 19.0 Å². The standard InChI is InChI=1S/C85H134NO8P/c1-3-5-7-9-11-13-15-17-19-21-23-25-27-29-31-33-35-37-39-41-43-45-47-49-51-53-55-57-59-61-63-65-67-69-71-73-75-77-84(87)91-81-83(82-93-95(89,90)92-80-79-86)94-85(88)78-76-74-72-70-68-66-64-62-60-58-56-54-52-50-48-46-44-42-40-38-36-34-32-30-28-26-24-22-20-18-16-14-12-10-8-6-4-2/h5-8,11-14,17-20,23-26,29-32,35-38,41-44,48,50,54,56,60,62,66,68,83H,3-4,9-10,15-16,21-22,27-28,33-34,39-40,45-47,49,51-53,55,57-59,61,63-65,67,69-82,86H2,1-2H3,(H,89,90)/b7-5-,8-6-,13-11-,14-12-,19-17-,20-18-,25-23-,26-24-,31-29-,32-30-,37-35-,38-36-,43-41-,44-42-,50-48-,56-54-,62-60-,68-66-. The van der Waals surface area contributed by atoms with E-state index in [1.165, 1.54) is 77.0 Å². The summed E-state index contributed by atoms with van der Waals surface area (Å²) in [5.74, 6) is -0.878. The molecule has 0 aromatic rings. The van der Waals surface area contributed by atoms with Gasteiger partial charge in [0.15, 0.2) is 6.10 Å². The molecule has 0 aliphatic heterocycles. The molecule has 532 valence electrons. The zero-order valence-electron chi connectivity index (χ0n) is 59.8. The normalized spacial score (nSPS) is 14.2. The molecule has 0 aliphatic rings. The molecular formula is C85H134NO8P. The van der Waals surface area contributed by atoms with Gasteiger partial charge in [-0.05, 0) is 154 Å². The van der Waals surface area contributed by atoms with Crippen LogP contribution >= 0.6 is 7.82 Å². The minimum atomic E-state index is -4.42. The Kier molecular flexibility index (Phi) is 72.7. The molecule has 0 rings (SSSR count). The summed E-state index contributed by atoms with van der Waals surface area (Å²) in [7, 11) is -4.42. The predicted molar refractivity (Wildman–Crippen MR) is 412 cm³/mol. The second-order valence-electron chi connectivity index (χ2n) is 23.7. The van der Waals surface area contributed by atoms with Crippen molar-refractivity contribution < 1.29 is 37.6 Å². The summed E-state index contributed by atoms with van der Waals surface area (Å²) in [6, 6.07) is 0. The van der Waals surface area contributed by atoms with E-state index in [2.05, 4.69) is 233 Å². The third-order valence-electron chi connectivity index (χ3n) is 14.9. The third kappa shape index (κ3) is 77.2. The number of carbonyl (C=O) groups excluding carboxylic acids is 2. The monoisotopic (exact) mass is 1330 g/mol. The van der Waals surface area contributed by atoms with Crippen molar-refractivity contribution in [2.24, 2.45) is 5.73 Å². The van der Waals surface area contributed by atoms with Gasteiger partial charge in [0.25, 0.3) is 0 Å². The summed E-state index contributed by atoms with van der Waals surface area (Å²) in [6.07, 6.45) is 120. The summed E-state index contributed by atoms with van der Waals surface area (Å²) in [4.78, 5) is 35.4. The van der Waals surface area contributed by atoms with Gasteiger partial charge in [-0.1, -0.05) is 322 Å². The molecule has 0 aromatic heterocycles. The molecular weight excluding hydrogens is 1190 g/mol. The lowest BCUT2D eigenvalue weighted by Crippen LogP contribution is -2.29. The number of carbonyl (C=O) groups is 2. The molecule has 95 heavy (non-hydrogen) atoms. The Morgan fingerprint density at radius 3 is 0.821 bits per heavy atom. The number of hydrogen-bond acceptors (Lipinski definition) is 8. The van der Waals surface area contributed by atoms with Crippen LogP contribution in [0.15, 0.2) is 219 Å². The molecule has 0 spiro atoms. The van der Waals surface area contributed by atoms with Crippen molar-refractivity contribution in [3.63, 3.8) is 0 Å². The number of unbranched alkanes of at least 4 members (excludes halogenated alkanes) is 18. The Morgan fingerprint density at radius 1 is 0.316 bits per heavy atom. The topological polar surface area (TPSA) is 134 Å². The average Bonchev–Trinajstić information content (AvgIpc) is 2.64. The van der Waals surface area contributed by atoms with Crippen molar-refractivity contribution in [3.8, 4) is 0 Å². The molecule has 2 atom stereocenters. The highest BCUT2D eigenvalue weighted by atomic mass is 31.2. The Morgan fingerprint density at radius 2 is 0.547 bits per heavy atom. The fourth-order valence-corrected chi connectivity index (χ4v) is 10.2. The Balaban J connectivity index is 4.01. The zero-order valence-corrected chi connectivity index (χ0v) is 60.7. The maximum absolute atomic E-state index is 12.8. The largest absolute Gasteiger partial charge is 0.472 e. The van der Waals surface area contributed by atoms with Crippen LogP contribution in [-0.2, 0) is 32.7 Å². The van der Waals surface area contributed by atoms with Gasteiger partial charge >= 0.3 is 19.8 Å². The second kappa shape index (κ2) is 77.3. The van der Waals surface area contributed by atoms with Crippen LogP contribution in [0.5, 0.6) is 0 Å². The van der Waals surface area contributed by atoms with Crippen molar-refractivity contribution in [2.75, 3.05) is 26.4 Å². The van der Waals surface area contributed by atoms with Crippen molar-refractivity contribution in [1.82, 2.24) is 0 Å². The first-order chi connectivity index (χ1) is 46.8. The van der Waals surface area contributed by atoms with Crippen LogP contribution in [-0.4, -0.2) is 49.3 Å². The lowest BCUT2D eigenvalue weighted by molar-refractivity contribution is -0.161. The number of ether oxygens (including phenoxy) is 2. The molecule has 3 N–H and O–H groups in total. The van der Waals surface area contributed by atoms with E-state index in [0.717, 1.165) is 161 Å². The van der Waals surface area contributed by atoms with E-state index >= 15 is 0 Å². The summed E-state index contributed by atoms with van der Waals surface area (Å²) < 4.78 is 33.2. The van der Waals surface area contributed by atoms with Crippen LogP contribution in [0, 0.1) is 0 Å². The summed E-state index contributed by atoms with van der Waals surface area (Å²) in [6.45, 7) is 3.46. The maximum atomic E-state index is 12.8. The third-order valence-corrected chi connectivity index (χ3v) is 15.8. The average molecular weight is 1330 g/mol. The molecule has 0 aromatic carbocycles. The molecule has 0 aliphatic carbocycles. The fourth-order valence-electron chi connectivity index (χ4n) is 9.44. The molecule has 2 unspecified atom stereocenters. The van der Waals surface area contributed by atoms with Crippen molar-refractivity contribution in [2.45, 2.75) is 277 Å². The van der Waals surface area contributed by atoms with Gasteiger partial charge in [-0.2, -0.15) is 0 Å². The second-order valence-corrected chi connectivity index (χ2v) is 25.1. The van der Waals surface area contributed by atoms with Crippen LogP contribution < -0.4 is 5.73 Å². The van der Waals surface area contributed by atoms with Crippen molar-refractivity contribution in [3.05, 3.63) is 219 Å². The first-order valence-corrected chi connectivity index (χ1v) is 38.7. The highest BCUT2D eigenvalue weighted by Crippen LogP contribution is 2.43. The molecule has 9 nitrogen and oxygen atoms in total. The summed E-state index contributed by atoms with van der Waals surface area (Å²) >= 11 is 0. The number of phosphoric ester groups is 1. The van der Waals surface area contributed by atoms with E-state index in [1.807, 2.05) is 0 Å². The van der Waals surface area contributed by atoms with Crippen LogP contribution in [0.1, 0.15) is 271 Å². The Bertz CT molecular complexity index is 2370. The van der Waals surface area contributed by atoms with Gasteiger partial charge < -0.3 is 20.1 Å². The van der Waals surface area contributed by atoms with Crippen LogP contribution in [0.3, 0.4) is 0 Å². The van der Waals surface area contributed by atoms with Gasteiger partial charge in [-0.25, -0.2) is 4.57 Å². The number of nitrogens with two attached hydrogens (primary N) is 1. The number of hydrogen-bond donors (Lipinski definition) is 2. The number of rotatable bonds is 67. The minimum absolute atomic E-state index is 0.0370. The minimum Gasteiger partial charge on any atom is -0.462 e. The predicted octanol–water partition coefficient (Wildman–Crippen LogP) is 25.2.